The summed E-state index contributed by atoms with van der Waals surface area (Å²) in [5, 5.41) is 2.93. The molecule has 0 saturated heterocycles. The molecule has 3 heteroatoms. The summed E-state index contributed by atoms with van der Waals surface area (Å²) in [6.45, 7) is 0.403. The van der Waals surface area contributed by atoms with Gasteiger partial charge in [-0.3, -0.25) is 0 Å². The fraction of sp³-hybridized carbons (Fsp3) is 0.133. The van der Waals surface area contributed by atoms with Crippen LogP contribution in [-0.2, 0) is 11.3 Å². The van der Waals surface area contributed by atoms with Crippen LogP contribution in [0.5, 0.6) is 0 Å². The number of rotatable bonds is 2. The van der Waals surface area contributed by atoms with Crippen molar-refractivity contribution in [2.75, 3.05) is 7.11 Å². The predicted molar refractivity (Wildman–Crippen MR) is 70.7 cm³/mol. The molecular weight excluding hydrogens is 228 g/mol. The van der Waals surface area contributed by atoms with Gasteiger partial charge in [-0.1, -0.05) is 36.4 Å². The first-order valence-corrected chi connectivity index (χ1v) is 5.73. The van der Waals surface area contributed by atoms with Gasteiger partial charge >= 0.3 is 5.63 Å². The Hall–Kier alpha value is -2.13. The molecule has 0 aliphatic carbocycles. The molecule has 0 N–H and O–H groups in total. The second-order valence-corrected chi connectivity index (χ2v) is 4.19. The number of benzene rings is 2. The molecule has 18 heavy (non-hydrogen) atoms. The zero-order chi connectivity index (χ0) is 12.5. The Morgan fingerprint density at radius 3 is 2.78 bits per heavy atom. The van der Waals surface area contributed by atoms with Crippen LogP contribution in [0.1, 0.15) is 5.56 Å². The van der Waals surface area contributed by atoms with Crippen molar-refractivity contribution in [2.45, 2.75) is 6.61 Å². The van der Waals surface area contributed by atoms with Crippen LogP contribution in [0.2, 0.25) is 0 Å². The summed E-state index contributed by atoms with van der Waals surface area (Å²) >= 11 is 0. The van der Waals surface area contributed by atoms with Gasteiger partial charge in [0.25, 0.3) is 0 Å². The van der Waals surface area contributed by atoms with E-state index in [1.807, 2.05) is 36.4 Å². The smallest absolute Gasteiger partial charge is 0.336 e. The fourth-order valence-electron chi connectivity index (χ4n) is 2.23. The van der Waals surface area contributed by atoms with Crippen molar-refractivity contribution in [1.29, 1.82) is 0 Å². The SMILES string of the molecule is COCc1cc(=O)oc2c1ccc1ccccc12. The number of fused-ring (bicyclic) bond motifs is 3. The molecule has 1 aromatic heterocycles. The third-order valence-electron chi connectivity index (χ3n) is 3.02. The summed E-state index contributed by atoms with van der Waals surface area (Å²) in [6, 6.07) is 13.3. The normalized spacial score (nSPS) is 11.2. The minimum atomic E-state index is -0.342. The summed E-state index contributed by atoms with van der Waals surface area (Å²) in [4.78, 5) is 11.6. The molecule has 0 saturated carbocycles. The number of ether oxygens (including phenoxy) is 1. The van der Waals surface area contributed by atoms with Crippen molar-refractivity contribution in [3.05, 3.63) is 58.4 Å². The van der Waals surface area contributed by atoms with E-state index in [2.05, 4.69) is 0 Å². The maximum Gasteiger partial charge on any atom is 0.336 e. The summed E-state index contributed by atoms with van der Waals surface area (Å²) in [5.41, 5.74) is 1.15. The fourth-order valence-corrected chi connectivity index (χ4v) is 2.23. The summed E-state index contributed by atoms with van der Waals surface area (Å²) in [7, 11) is 1.61. The van der Waals surface area contributed by atoms with Crippen LogP contribution in [0.15, 0.2) is 51.7 Å². The predicted octanol–water partition coefficient (Wildman–Crippen LogP) is 3.09. The molecule has 0 radical (unpaired) electrons. The molecule has 0 amide bonds. The van der Waals surface area contributed by atoms with Crippen LogP contribution in [-0.4, -0.2) is 7.11 Å². The molecule has 3 aromatic rings. The lowest BCUT2D eigenvalue weighted by atomic mass is 10.0. The van der Waals surface area contributed by atoms with Crippen LogP contribution >= 0.6 is 0 Å². The minimum absolute atomic E-state index is 0.342. The first-order valence-electron chi connectivity index (χ1n) is 5.73. The number of methoxy groups -OCH3 is 1. The molecule has 90 valence electrons. The lowest BCUT2D eigenvalue weighted by Gasteiger charge is -2.06. The average molecular weight is 240 g/mol. The average Bonchev–Trinajstić information content (AvgIpc) is 2.39. The van der Waals surface area contributed by atoms with E-state index in [0.717, 1.165) is 21.7 Å². The van der Waals surface area contributed by atoms with Gasteiger partial charge in [0, 0.05) is 23.9 Å². The summed E-state index contributed by atoms with van der Waals surface area (Å²) in [5.74, 6) is 0. The van der Waals surface area contributed by atoms with Gasteiger partial charge in [0.15, 0.2) is 0 Å². The molecular formula is C15H12O3. The molecule has 0 spiro atoms. The molecule has 3 rings (SSSR count). The monoisotopic (exact) mass is 240 g/mol. The lowest BCUT2D eigenvalue weighted by Crippen LogP contribution is -2.01. The maximum absolute atomic E-state index is 11.6. The largest absolute Gasteiger partial charge is 0.422 e. The Morgan fingerprint density at radius 1 is 1.11 bits per heavy atom. The quantitative estimate of drug-likeness (QED) is 0.510. The Morgan fingerprint density at radius 2 is 1.94 bits per heavy atom. The highest BCUT2D eigenvalue weighted by molar-refractivity contribution is 6.04. The van der Waals surface area contributed by atoms with Gasteiger partial charge in [-0.25, -0.2) is 4.79 Å². The van der Waals surface area contributed by atoms with Gasteiger partial charge in [0.05, 0.1) is 6.61 Å². The Balaban J connectivity index is 2.47. The highest BCUT2D eigenvalue weighted by atomic mass is 16.5. The third kappa shape index (κ3) is 1.69. The van der Waals surface area contributed by atoms with E-state index in [1.165, 1.54) is 6.07 Å². The van der Waals surface area contributed by atoms with E-state index in [-0.39, 0.29) is 5.63 Å². The molecule has 0 aliphatic heterocycles. The highest BCUT2D eigenvalue weighted by Gasteiger charge is 2.08. The zero-order valence-electron chi connectivity index (χ0n) is 9.97. The summed E-state index contributed by atoms with van der Waals surface area (Å²) < 4.78 is 10.5. The first-order chi connectivity index (χ1) is 8.79. The van der Waals surface area contributed by atoms with Crippen molar-refractivity contribution in [1.82, 2.24) is 0 Å². The van der Waals surface area contributed by atoms with Gasteiger partial charge in [0.1, 0.15) is 5.58 Å². The molecule has 0 fully saturated rings. The molecule has 0 bridgehead atoms. The van der Waals surface area contributed by atoms with Gasteiger partial charge < -0.3 is 9.15 Å². The van der Waals surface area contributed by atoms with Gasteiger partial charge in [0.2, 0.25) is 0 Å². The molecule has 0 atom stereocenters. The zero-order valence-corrected chi connectivity index (χ0v) is 9.97. The van der Waals surface area contributed by atoms with Crippen molar-refractivity contribution >= 4 is 21.7 Å². The van der Waals surface area contributed by atoms with Gasteiger partial charge in [-0.15, -0.1) is 0 Å². The van der Waals surface area contributed by atoms with Crippen LogP contribution in [0.3, 0.4) is 0 Å². The topological polar surface area (TPSA) is 39.4 Å². The van der Waals surface area contributed by atoms with Crippen molar-refractivity contribution < 1.29 is 9.15 Å². The van der Waals surface area contributed by atoms with Crippen molar-refractivity contribution in [3.63, 3.8) is 0 Å². The second kappa shape index (κ2) is 4.27. The Bertz CT molecular complexity index is 771. The van der Waals surface area contributed by atoms with Crippen LogP contribution in [0.4, 0.5) is 0 Å². The standard InChI is InChI=1S/C15H12O3/c1-17-9-11-8-14(16)18-15-12-5-3-2-4-10(12)6-7-13(11)15/h2-8H,9H2,1H3. The second-order valence-electron chi connectivity index (χ2n) is 4.19. The molecule has 0 unspecified atom stereocenters. The lowest BCUT2D eigenvalue weighted by molar-refractivity contribution is 0.185. The Labute approximate surface area is 104 Å². The van der Waals surface area contributed by atoms with Crippen molar-refractivity contribution in [2.24, 2.45) is 0 Å². The highest BCUT2D eigenvalue weighted by Crippen LogP contribution is 2.26. The number of hydrogen-bond donors (Lipinski definition) is 0. The molecule has 0 aliphatic rings. The minimum Gasteiger partial charge on any atom is -0.422 e. The van der Waals surface area contributed by atoms with Crippen molar-refractivity contribution in [3.8, 4) is 0 Å². The van der Waals surface area contributed by atoms with Gasteiger partial charge in [-0.05, 0) is 10.9 Å². The molecule has 2 aromatic carbocycles. The molecule has 3 nitrogen and oxygen atoms in total. The third-order valence-corrected chi connectivity index (χ3v) is 3.02. The maximum atomic E-state index is 11.6. The van der Waals surface area contributed by atoms with E-state index < -0.39 is 0 Å². The van der Waals surface area contributed by atoms with E-state index in [4.69, 9.17) is 9.15 Å². The van der Waals surface area contributed by atoms with Crippen LogP contribution in [0.25, 0.3) is 21.7 Å². The van der Waals surface area contributed by atoms with Gasteiger partial charge in [-0.2, -0.15) is 0 Å². The molecule has 1 heterocycles. The van der Waals surface area contributed by atoms with E-state index >= 15 is 0 Å². The van der Waals surface area contributed by atoms with E-state index in [0.29, 0.717) is 12.2 Å². The Kier molecular flexibility index (Phi) is 2.61. The van der Waals surface area contributed by atoms with Crippen LogP contribution in [0, 0.1) is 0 Å². The van der Waals surface area contributed by atoms with E-state index in [9.17, 15) is 4.79 Å². The van der Waals surface area contributed by atoms with Crippen LogP contribution < -0.4 is 5.63 Å². The number of hydrogen-bond acceptors (Lipinski definition) is 3. The first kappa shape index (κ1) is 11.0. The summed E-state index contributed by atoms with van der Waals surface area (Å²) in [6.07, 6.45) is 0. The van der Waals surface area contributed by atoms with E-state index in [1.54, 1.807) is 7.11 Å².